The highest BCUT2D eigenvalue weighted by molar-refractivity contribution is 7.89. The van der Waals surface area contributed by atoms with Crippen molar-refractivity contribution in [3.05, 3.63) is 58.1 Å². The maximum absolute atomic E-state index is 12.8. The van der Waals surface area contributed by atoms with Gasteiger partial charge in [-0.2, -0.15) is 4.31 Å². The van der Waals surface area contributed by atoms with Crippen LogP contribution in [0.4, 0.5) is 5.69 Å². The molecule has 2 aromatic carbocycles. The fourth-order valence-electron chi connectivity index (χ4n) is 3.14. The fraction of sp³-hybridized carbons (Fsp3) is 0.350. The lowest BCUT2D eigenvalue weighted by molar-refractivity contribution is 0.0698. The Balaban J connectivity index is 1.66. The van der Waals surface area contributed by atoms with Crippen LogP contribution in [0.2, 0.25) is 10.0 Å². The van der Waals surface area contributed by atoms with E-state index in [1.54, 1.807) is 4.90 Å². The summed E-state index contributed by atoms with van der Waals surface area (Å²) in [6.45, 7) is 4.05. The van der Waals surface area contributed by atoms with E-state index in [0.717, 1.165) is 12.2 Å². The van der Waals surface area contributed by atoms with Gasteiger partial charge in [-0.3, -0.25) is 4.79 Å². The largest absolute Gasteiger partial charge is 0.375 e. The molecule has 0 radical (unpaired) electrons. The molecule has 0 unspecified atom stereocenters. The molecule has 1 aliphatic heterocycles. The Morgan fingerprint density at radius 1 is 1.00 bits per heavy atom. The van der Waals surface area contributed by atoms with Crippen LogP contribution in [0.3, 0.4) is 0 Å². The summed E-state index contributed by atoms with van der Waals surface area (Å²) >= 11 is 11.8. The lowest BCUT2D eigenvalue weighted by Gasteiger charge is -2.34. The highest BCUT2D eigenvalue weighted by Gasteiger charge is 2.30. The maximum Gasteiger partial charge on any atom is 0.253 e. The number of nitrogens with zero attached hydrogens (tertiary/aromatic N) is 3. The van der Waals surface area contributed by atoms with Crippen LogP contribution in [0, 0.1) is 0 Å². The summed E-state index contributed by atoms with van der Waals surface area (Å²) in [5.41, 5.74) is 1.64. The predicted molar refractivity (Wildman–Crippen MR) is 117 cm³/mol. The number of anilines is 1. The van der Waals surface area contributed by atoms with Crippen molar-refractivity contribution in [3.63, 3.8) is 0 Å². The lowest BCUT2D eigenvalue weighted by Crippen LogP contribution is -2.50. The number of carbonyl (C=O) groups excluding carboxylic acids is 1. The van der Waals surface area contributed by atoms with Crippen molar-refractivity contribution >= 4 is 44.8 Å². The Hall–Kier alpha value is -1.80. The van der Waals surface area contributed by atoms with Crippen LogP contribution >= 0.6 is 23.2 Å². The summed E-state index contributed by atoms with van der Waals surface area (Å²) in [6.07, 6.45) is 0. The van der Waals surface area contributed by atoms with Crippen molar-refractivity contribution < 1.29 is 13.2 Å². The van der Waals surface area contributed by atoms with Gasteiger partial charge in [0.25, 0.3) is 5.91 Å². The molecule has 1 fully saturated rings. The predicted octanol–water partition coefficient (Wildman–Crippen LogP) is 3.60. The highest BCUT2D eigenvalue weighted by Crippen LogP contribution is 2.27. The fourth-order valence-corrected chi connectivity index (χ4v) is 4.95. The van der Waals surface area contributed by atoms with Gasteiger partial charge in [0.15, 0.2) is 0 Å². The maximum atomic E-state index is 12.8. The van der Waals surface area contributed by atoms with Crippen LogP contribution in [0.15, 0.2) is 47.4 Å². The lowest BCUT2D eigenvalue weighted by atomic mass is 10.1. The molecule has 2 aromatic rings. The molecule has 1 amide bonds. The Kier molecular flexibility index (Phi) is 6.73. The Labute approximate surface area is 181 Å². The van der Waals surface area contributed by atoms with Crippen LogP contribution in [0.25, 0.3) is 0 Å². The van der Waals surface area contributed by atoms with E-state index in [1.807, 2.05) is 31.3 Å². The van der Waals surface area contributed by atoms with Crippen LogP contribution < -0.4 is 4.90 Å². The molecule has 29 heavy (non-hydrogen) atoms. The van der Waals surface area contributed by atoms with Gasteiger partial charge in [-0.25, -0.2) is 8.42 Å². The third-order valence-corrected chi connectivity index (χ3v) is 7.72. The molecule has 0 N–H and O–H groups in total. The van der Waals surface area contributed by atoms with Gasteiger partial charge in [0.05, 0.1) is 14.9 Å². The van der Waals surface area contributed by atoms with Crippen LogP contribution in [0.1, 0.15) is 17.3 Å². The number of halogens is 2. The first-order valence-electron chi connectivity index (χ1n) is 9.29. The first-order valence-corrected chi connectivity index (χ1v) is 11.5. The SMILES string of the molecule is CCN(C)c1ccc(C(=O)N2CCN(S(=O)(=O)c3ccc(Cl)c(Cl)c3)CC2)cc1. The van der Waals surface area contributed by atoms with Gasteiger partial charge in [-0.1, -0.05) is 23.2 Å². The van der Waals surface area contributed by atoms with Crippen molar-refractivity contribution in [2.24, 2.45) is 0 Å². The topological polar surface area (TPSA) is 60.9 Å². The van der Waals surface area contributed by atoms with Crippen molar-refractivity contribution in [2.45, 2.75) is 11.8 Å². The van der Waals surface area contributed by atoms with Crippen LogP contribution in [0.5, 0.6) is 0 Å². The average molecular weight is 456 g/mol. The molecule has 1 aliphatic rings. The quantitative estimate of drug-likeness (QED) is 0.690. The van der Waals surface area contributed by atoms with Crippen LogP contribution in [-0.2, 0) is 10.0 Å². The summed E-state index contributed by atoms with van der Waals surface area (Å²) in [5.74, 6) is -0.0951. The number of sulfonamides is 1. The monoisotopic (exact) mass is 455 g/mol. The molecular formula is C20H23Cl2N3O3S. The molecule has 1 heterocycles. The van der Waals surface area contributed by atoms with Gasteiger partial charge in [0.1, 0.15) is 0 Å². The van der Waals surface area contributed by atoms with Crippen molar-refractivity contribution in [1.29, 1.82) is 0 Å². The standard InChI is InChI=1S/C20H23Cl2N3O3S/c1-3-23(2)16-6-4-15(5-7-16)20(26)24-10-12-25(13-11-24)29(27,28)17-8-9-18(21)19(22)14-17/h4-9,14H,3,10-13H2,1-2H3. The van der Waals surface area contributed by atoms with Gasteiger partial charge in [-0.15, -0.1) is 0 Å². The first kappa shape index (κ1) is 21.9. The summed E-state index contributed by atoms with van der Waals surface area (Å²) in [6, 6.07) is 11.7. The molecule has 6 nitrogen and oxygen atoms in total. The van der Waals surface area contributed by atoms with Crippen molar-refractivity contribution in [2.75, 3.05) is 44.7 Å². The number of amides is 1. The molecule has 9 heteroatoms. The van der Waals surface area contributed by atoms with E-state index in [0.29, 0.717) is 23.7 Å². The minimum absolute atomic E-state index is 0.0951. The molecular weight excluding hydrogens is 433 g/mol. The molecule has 0 atom stereocenters. The zero-order chi connectivity index (χ0) is 21.2. The van der Waals surface area contributed by atoms with Crippen molar-refractivity contribution in [1.82, 2.24) is 9.21 Å². The second-order valence-corrected chi connectivity index (χ2v) is 9.59. The number of rotatable bonds is 5. The molecule has 0 aromatic heterocycles. The van der Waals surface area contributed by atoms with Gasteiger partial charge in [0, 0.05) is 51.0 Å². The van der Waals surface area contributed by atoms with E-state index in [9.17, 15) is 13.2 Å². The van der Waals surface area contributed by atoms with Crippen LogP contribution in [-0.4, -0.2) is 63.3 Å². The second-order valence-electron chi connectivity index (χ2n) is 6.83. The number of hydrogen-bond acceptors (Lipinski definition) is 4. The smallest absolute Gasteiger partial charge is 0.253 e. The number of hydrogen-bond donors (Lipinski definition) is 0. The Morgan fingerprint density at radius 3 is 2.17 bits per heavy atom. The van der Waals surface area contributed by atoms with E-state index in [2.05, 4.69) is 11.8 Å². The summed E-state index contributed by atoms with van der Waals surface area (Å²) in [4.78, 5) is 16.6. The van der Waals surface area contributed by atoms with Gasteiger partial charge in [-0.05, 0) is 49.4 Å². The average Bonchev–Trinajstić information content (AvgIpc) is 2.74. The van der Waals surface area contributed by atoms with Gasteiger partial charge >= 0.3 is 0 Å². The summed E-state index contributed by atoms with van der Waals surface area (Å²) < 4.78 is 27.1. The van der Waals surface area contributed by atoms with Gasteiger partial charge in [0.2, 0.25) is 10.0 Å². The third kappa shape index (κ3) is 4.69. The molecule has 3 rings (SSSR count). The van der Waals surface area contributed by atoms with E-state index in [4.69, 9.17) is 23.2 Å². The second kappa shape index (κ2) is 8.92. The zero-order valence-corrected chi connectivity index (χ0v) is 18.6. The molecule has 0 spiro atoms. The molecule has 156 valence electrons. The highest BCUT2D eigenvalue weighted by atomic mass is 35.5. The molecule has 0 bridgehead atoms. The van der Waals surface area contributed by atoms with E-state index < -0.39 is 10.0 Å². The van der Waals surface area contributed by atoms with E-state index in [1.165, 1.54) is 22.5 Å². The third-order valence-electron chi connectivity index (χ3n) is 5.08. The Morgan fingerprint density at radius 2 is 1.62 bits per heavy atom. The normalized spacial score (nSPS) is 15.4. The number of carbonyl (C=O) groups is 1. The van der Waals surface area contributed by atoms with Crippen molar-refractivity contribution in [3.8, 4) is 0 Å². The summed E-state index contributed by atoms with van der Waals surface area (Å²) in [5, 5.41) is 0.496. The summed E-state index contributed by atoms with van der Waals surface area (Å²) in [7, 11) is -1.70. The Bertz CT molecular complexity index is 989. The minimum Gasteiger partial charge on any atom is -0.375 e. The van der Waals surface area contributed by atoms with Gasteiger partial charge < -0.3 is 9.80 Å². The molecule has 1 saturated heterocycles. The van der Waals surface area contributed by atoms with E-state index >= 15 is 0 Å². The minimum atomic E-state index is -3.69. The zero-order valence-electron chi connectivity index (χ0n) is 16.3. The first-order chi connectivity index (χ1) is 13.7. The molecule has 0 saturated carbocycles. The molecule has 0 aliphatic carbocycles. The number of benzene rings is 2. The number of piperazine rings is 1. The van der Waals surface area contributed by atoms with E-state index in [-0.39, 0.29) is 28.9 Å².